The fourth-order valence-corrected chi connectivity index (χ4v) is 9.51. The van der Waals surface area contributed by atoms with Crippen LogP contribution in [0.25, 0.3) is 22.3 Å². The summed E-state index contributed by atoms with van der Waals surface area (Å²) in [6.45, 7) is 8.27. The fourth-order valence-electron chi connectivity index (χ4n) is 9.51. The predicted molar refractivity (Wildman–Crippen MR) is 325 cm³/mol. The van der Waals surface area contributed by atoms with E-state index in [1.54, 1.807) is 97.1 Å². The molecule has 6 rings (SSSR count). The molecule has 2 atom stereocenters. The second-order valence-electron chi connectivity index (χ2n) is 21.5. The van der Waals surface area contributed by atoms with E-state index in [1.165, 1.54) is 38.5 Å². The van der Waals surface area contributed by atoms with Crippen molar-refractivity contribution in [3.63, 3.8) is 0 Å². The molecule has 0 heterocycles. The van der Waals surface area contributed by atoms with Crippen LogP contribution in [0.1, 0.15) is 217 Å². The van der Waals surface area contributed by atoms with E-state index in [1.807, 2.05) is 62.4 Å². The summed E-state index contributed by atoms with van der Waals surface area (Å²) in [7, 11) is 0. The van der Waals surface area contributed by atoms with Gasteiger partial charge in [0.2, 0.25) is 0 Å². The average Bonchev–Trinajstić information content (AvgIpc) is 3.61. The summed E-state index contributed by atoms with van der Waals surface area (Å²) in [6, 6.07) is 41.4. The van der Waals surface area contributed by atoms with E-state index in [2.05, 4.69) is 13.8 Å². The standard InChI is InChI=1S/C71H84O12/c1-5-7-9-16-20-24-52(3)78-68(74)58-32-28-54(29-33-58)56-36-44-64(45-37-56)82-70(76)60-40-48-62(49-41-60)80-66(72)26-22-18-14-12-11-13-15-19-23-27-67(73)81-63-50-42-61(43-51-63)71(77)83-65-46-38-57(39-47-65)55-30-34-59(35-31-55)69(75)79-53(4)25-21-17-10-8-6-2/h28-53H,5-27H2,1-4H3. The van der Waals surface area contributed by atoms with E-state index < -0.39 is 11.9 Å². The summed E-state index contributed by atoms with van der Waals surface area (Å²) < 4.78 is 33.5. The average molecular weight is 1130 g/mol. The van der Waals surface area contributed by atoms with Crippen molar-refractivity contribution in [2.75, 3.05) is 0 Å². The number of benzene rings is 6. The van der Waals surface area contributed by atoms with Gasteiger partial charge in [-0.05, 0) is 172 Å². The Labute approximate surface area is 491 Å². The molecule has 0 fully saturated rings. The lowest BCUT2D eigenvalue weighted by molar-refractivity contribution is -0.135. The third-order valence-corrected chi connectivity index (χ3v) is 14.5. The van der Waals surface area contributed by atoms with Gasteiger partial charge in [0.1, 0.15) is 23.0 Å². The maximum atomic E-state index is 12.9. The molecule has 0 spiro atoms. The SMILES string of the molecule is CCCCCCCC(C)OC(=O)c1ccc(-c2ccc(OC(=O)c3ccc(OC(=O)CCCCCCCCCCCC(=O)Oc4ccc(C(=O)Oc5ccc(-c6ccc(C(=O)OC(C)CCCCCCC)cc6)cc5)cc4)cc3)cc2)cc1. The van der Waals surface area contributed by atoms with Gasteiger partial charge in [-0.3, -0.25) is 9.59 Å². The van der Waals surface area contributed by atoms with Gasteiger partial charge in [-0.2, -0.15) is 0 Å². The minimum Gasteiger partial charge on any atom is -0.459 e. The number of rotatable bonds is 36. The highest BCUT2D eigenvalue weighted by Gasteiger charge is 2.17. The summed E-state index contributed by atoms with van der Waals surface area (Å²) in [5, 5.41) is 0. The van der Waals surface area contributed by atoms with Gasteiger partial charge in [0.25, 0.3) is 0 Å². The van der Waals surface area contributed by atoms with Crippen LogP contribution in [0.2, 0.25) is 0 Å². The molecule has 0 aliphatic heterocycles. The molecule has 6 aromatic rings. The number of esters is 6. The van der Waals surface area contributed by atoms with Crippen LogP contribution < -0.4 is 18.9 Å². The minimum atomic E-state index is -0.534. The van der Waals surface area contributed by atoms with Crippen molar-refractivity contribution in [3.05, 3.63) is 168 Å². The Kier molecular flexibility index (Phi) is 27.8. The number of hydrogen-bond acceptors (Lipinski definition) is 12. The van der Waals surface area contributed by atoms with Gasteiger partial charge in [0.15, 0.2) is 0 Å². The zero-order valence-corrected chi connectivity index (χ0v) is 49.2. The third-order valence-electron chi connectivity index (χ3n) is 14.5. The van der Waals surface area contributed by atoms with Crippen LogP contribution in [0.4, 0.5) is 0 Å². The molecule has 0 saturated heterocycles. The Balaban J connectivity index is 0.762. The topological polar surface area (TPSA) is 158 Å². The zero-order valence-electron chi connectivity index (χ0n) is 49.2. The summed E-state index contributed by atoms with van der Waals surface area (Å²) in [5.41, 5.74) is 5.28. The number of hydrogen-bond donors (Lipinski definition) is 0. The smallest absolute Gasteiger partial charge is 0.343 e. The van der Waals surface area contributed by atoms with Crippen LogP contribution in [0, 0.1) is 0 Å². The molecule has 12 nitrogen and oxygen atoms in total. The molecule has 12 heteroatoms. The van der Waals surface area contributed by atoms with Crippen molar-refractivity contribution in [2.45, 2.75) is 188 Å². The van der Waals surface area contributed by atoms with Gasteiger partial charge in [-0.25, -0.2) is 19.2 Å². The van der Waals surface area contributed by atoms with Crippen molar-refractivity contribution < 1.29 is 57.2 Å². The van der Waals surface area contributed by atoms with Crippen molar-refractivity contribution in [2.24, 2.45) is 0 Å². The molecule has 0 aliphatic rings. The quantitative estimate of drug-likeness (QED) is 0.0209. The lowest BCUT2D eigenvalue weighted by Crippen LogP contribution is -2.15. The minimum absolute atomic E-state index is 0.127. The van der Waals surface area contributed by atoms with Gasteiger partial charge in [-0.1, -0.05) is 159 Å². The Hall–Kier alpha value is -7.86. The second kappa shape index (κ2) is 35.9. The summed E-state index contributed by atoms with van der Waals surface area (Å²) >= 11 is 0. The molecule has 83 heavy (non-hydrogen) atoms. The Bertz CT molecular complexity index is 2710. The fraction of sp³-hybridized carbons (Fsp3) is 0.408. The molecule has 2 unspecified atom stereocenters. The van der Waals surface area contributed by atoms with Crippen LogP contribution in [0.15, 0.2) is 146 Å². The van der Waals surface area contributed by atoms with Crippen LogP contribution in [0.5, 0.6) is 23.0 Å². The van der Waals surface area contributed by atoms with E-state index in [0.29, 0.717) is 58.1 Å². The normalized spacial score (nSPS) is 11.7. The first-order chi connectivity index (χ1) is 40.4. The number of carbonyl (C=O) groups is 6. The monoisotopic (exact) mass is 1130 g/mol. The molecular weight excluding hydrogens is 1040 g/mol. The van der Waals surface area contributed by atoms with E-state index in [9.17, 15) is 28.8 Å². The molecule has 0 saturated carbocycles. The van der Waals surface area contributed by atoms with Gasteiger partial charge >= 0.3 is 35.8 Å². The largest absolute Gasteiger partial charge is 0.459 e. The number of ether oxygens (including phenoxy) is 6. The predicted octanol–water partition coefficient (Wildman–Crippen LogP) is 18.1. The molecule has 0 radical (unpaired) electrons. The third kappa shape index (κ3) is 23.5. The zero-order chi connectivity index (χ0) is 59.0. The van der Waals surface area contributed by atoms with Crippen molar-refractivity contribution in [1.29, 1.82) is 0 Å². The first kappa shape index (κ1) is 64.3. The molecule has 0 amide bonds. The maximum absolute atomic E-state index is 12.9. The van der Waals surface area contributed by atoms with Gasteiger partial charge in [0.05, 0.1) is 34.5 Å². The van der Waals surface area contributed by atoms with E-state index in [-0.39, 0.29) is 36.1 Å². The summed E-state index contributed by atoms with van der Waals surface area (Å²) in [4.78, 5) is 76.2. The summed E-state index contributed by atoms with van der Waals surface area (Å²) in [6.07, 6.45) is 22.3. The number of unbranched alkanes of at least 4 members (excludes halogenated alkanes) is 16. The highest BCUT2D eigenvalue weighted by molar-refractivity contribution is 5.93. The van der Waals surface area contributed by atoms with E-state index in [4.69, 9.17) is 28.4 Å². The molecule has 0 bridgehead atoms. The van der Waals surface area contributed by atoms with Crippen molar-refractivity contribution in [3.8, 4) is 45.3 Å². The van der Waals surface area contributed by atoms with Crippen LogP contribution in [-0.4, -0.2) is 48.0 Å². The molecule has 0 aromatic heterocycles. The first-order valence-electron chi connectivity index (χ1n) is 30.3. The van der Waals surface area contributed by atoms with Gasteiger partial charge < -0.3 is 28.4 Å². The van der Waals surface area contributed by atoms with Crippen molar-refractivity contribution >= 4 is 35.8 Å². The lowest BCUT2D eigenvalue weighted by atomic mass is 10.0. The van der Waals surface area contributed by atoms with Crippen molar-refractivity contribution in [1.82, 2.24) is 0 Å². The molecule has 6 aromatic carbocycles. The van der Waals surface area contributed by atoms with Gasteiger partial charge in [0, 0.05) is 12.8 Å². The highest BCUT2D eigenvalue weighted by Crippen LogP contribution is 2.27. The molecular formula is C71H84O12. The van der Waals surface area contributed by atoms with Crippen LogP contribution in [-0.2, 0) is 19.1 Å². The molecule has 440 valence electrons. The Morgan fingerprint density at radius 1 is 0.289 bits per heavy atom. The highest BCUT2D eigenvalue weighted by atomic mass is 16.6. The first-order valence-corrected chi connectivity index (χ1v) is 30.3. The van der Waals surface area contributed by atoms with Gasteiger partial charge in [-0.15, -0.1) is 0 Å². The summed E-state index contributed by atoms with van der Waals surface area (Å²) in [5.74, 6) is -0.871. The van der Waals surface area contributed by atoms with Crippen LogP contribution in [0.3, 0.4) is 0 Å². The number of carbonyl (C=O) groups excluding carboxylic acids is 6. The molecule has 0 aliphatic carbocycles. The lowest BCUT2D eigenvalue weighted by Gasteiger charge is -2.13. The molecule has 0 N–H and O–H groups in total. The Morgan fingerprint density at radius 3 is 0.855 bits per heavy atom. The second-order valence-corrected chi connectivity index (χ2v) is 21.5. The Morgan fingerprint density at radius 2 is 0.530 bits per heavy atom. The van der Waals surface area contributed by atoms with E-state index >= 15 is 0 Å². The maximum Gasteiger partial charge on any atom is 0.343 e. The van der Waals surface area contributed by atoms with Crippen LogP contribution >= 0.6 is 0 Å². The van der Waals surface area contributed by atoms with E-state index in [0.717, 1.165) is 119 Å².